The molecular formula is C24H34N2O2. The van der Waals surface area contributed by atoms with E-state index >= 15 is 0 Å². The van der Waals surface area contributed by atoms with Gasteiger partial charge in [0.25, 0.3) is 0 Å². The van der Waals surface area contributed by atoms with Crippen LogP contribution in [-0.4, -0.2) is 29.8 Å². The molecule has 2 aromatic rings. The van der Waals surface area contributed by atoms with Crippen LogP contribution < -0.4 is 5.32 Å². The van der Waals surface area contributed by atoms with Gasteiger partial charge in [0.2, 0.25) is 11.8 Å². The Labute approximate surface area is 170 Å². The molecule has 28 heavy (non-hydrogen) atoms. The van der Waals surface area contributed by atoms with Gasteiger partial charge in [-0.05, 0) is 24.5 Å². The Hall–Kier alpha value is -2.62. The van der Waals surface area contributed by atoms with Crippen LogP contribution in [0.5, 0.6) is 0 Å². The van der Waals surface area contributed by atoms with Crippen molar-refractivity contribution < 1.29 is 9.59 Å². The Balaban J connectivity index is 0.00000190. The molecule has 0 aliphatic carbocycles. The lowest BCUT2D eigenvalue weighted by Crippen LogP contribution is -2.41. The smallest absolute Gasteiger partial charge is 0.239 e. The van der Waals surface area contributed by atoms with Gasteiger partial charge in [-0.25, -0.2) is 0 Å². The number of benzene rings is 2. The molecule has 0 aliphatic heterocycles. The summed E-state index contributed by atoms with van der Waals surface area (Å²) in [5.74, 6) is -0.143. The predicted molar refractivity (Wildman–Crippen MR) is 116 cm³/mol. The van der Waals surface area contributed by atoms with Crippen molar-refractivity contribution in [2.75, 3.05) is 13.1 Å². The lowest BCUT2D eigenvalue weighted by molar-refractivity contribution is -0.136. The molecule has 0 fully saturated rings. The molecule has 0 atom stereocenters. The topological polar surface area (TPSA) is 49.4 Å². The Kier molecular flexibility index (Phi) is 11.3. The van der Waals surface area contributed by atoms with E-state index in [1.807, 2.05) is 69.3 Å². The molecule has 1 N–H and O–H groups in total. The van der Waals surface area contributed by atoms with E-state index in [2.05, 4.69) is 18.3 Å². The summed E-state index contributed by atoms with van der Waals surface area (Å²) in [6.07, 6.45) is 2.27. The zero-order chi connectivity index (χ0) is 20.8. The number of carbonyl (C=O) groups is 2. The lowest BCUT2D eigenvalue weighted by atomic mass is 10.1. The molecule has 0 aromatic heterocycles. The minimum Gasteiger partial charge on any atom is -0.355 e. The van der Waals surface area contributed by atoms with Gasteiger partial charge in [-0.1, -0.05) is 87.4 Å². The maximum absolute atomic E-state index is 12.8. The van der Waals surface area contributed by atoms with Crippen molar-refractivity contribution in [3.63, 3.8) is 0 Å². The summed E-state index contributed by atoms with van der Waals surface area (Å²) < 4.78 is 0. The maximum Gasteiger partial charge on any atom is 0.239 e. The Morgan fingerprint density at radius 3 is 2.29 bits per heavy atom. The monoisotopic (exact) mass is 382 g/mol. The second kappa shape index (κ2) is 13.5. The third-order valence-corrected chi connectivity index (χ3v) is 4.19. The first-order valence-corrected chi connectivity index (χ1v) is 10.2. The first-order chi connectivity index (χ1) is 13.6. The molecule has 0 aliphatic rings. The number of amides is 2. The van der Waals surface area contributed by atoms with E-state index in [-0.39, 0.29) is 18.4 Å². The number of aryl methyl sites for hydroxylation is 1. The summed E-state index contributed by atoms with van der Waals surface area (Å²) in [6, 6.07) is 17.7. The average molecular weight is 383 g/mol. The Bertz CT molecular complexity index is 714. The van der Waals surface area contributed by atoms with Gasteiger partial charge < -0.3 is 10.2 Å². The number of nitrogens with zero attached hydrogens (tertiary/aromatic N) is 1. The summed E-state index contributed by atoms with van der Waals surface area (Å²) in [4.78, 5) is 26.7. The Morgan fingerprint density at radius 2 is 1.64 bits per heavy atom. The molecule has 0 saturated heterocycles. The van der Waals surface area contributed by atoms with Gasteiger partial charge >= 0.3 is 0 Å². The van der Waals surface area contributed by atoms with Crippen LogP contribution in [-0.2, 0) is 22.6 Å². The highest BCUT2D eigenvalue weighted by Gasteiger charge is 2.18. The van der Waals surface area contributed by atoms with Gasteiger partial charge in [-0.15, -0.1) is 0 Å². The van der Waals surface area contributed by atoms with Crippen LogP contribution in [0.15, 0.2) is 54.6 Å². The summed E-state index contributed by atoms with van der Waals surface area (Å²) >= 11 is 0. The fourth-order valence-corrected chi connectivity index (χ4v) is 2.78. The van der Waals surface area contributed by atoms with E-state index < -0.39 is 0 Å². The van der Waals surface area contributed by atoms with Gasteiger partial charge in [-0.3, -0.25) is 9.59 Å². The van der Waals surface area contributed by atoms with Crippen LogP contribution in [0, 0.1) is 6.92 Å². The molecule has 0 unspecified atom stereocenters. The molecule has 4 nitrogen and oxygen atoms in total. The van der Waals surface area contributed by atoms with Crippen molar-refractivity contribution in [3.05, 3.63) is 71.3 Å². The first kappa shape index (κ1) is 23.4. The highest BCUT2D eigenvalue weighted by Crippen LogP contribution is 2.10. The van der Waals surface area contributed by atoms with Crippen LogP contribution in [0.3, 0.4) is 0 Å². The third-order valence-electron chi connectivity index (χ3n) is 4.19. The quantitative estimate of drug-likeness (QED) is 0.649. The minimum atomic E-state index is -0.104. The van der Waals surface area contributed by atoms with Crippen LogP contribution >= 0.6 is 0 Å². The van der Waals surface area contributed by atoms with Crippen LogP contribution in [0.25, 0.3) is 0 Å². The summed E-state index contributed by atoms with van der Waals surface area (Å²) in [5.41, 5.74) is 3.14. The fraction of sp³-hybridized carbons (Fsp3) is 0.417. The van der Waals surface area contributed by atoms with Crippen LogP contribution in [0.4, 0.5) is 0 Å². The van der Waals surface area contributed by atoms with Crippen LogP contribution in [0.1, 0.15) is 50.3 Å². The molecule has 152 valence electrons. The fourth-order valence-electron chi connectivity index (χ4n) is 2.78. The van der Waals surface area contributed by atoms with Gasteiger partial charge in [0.1, 0.15) is 0 Å². The van der Waals surface area contributed by atoms with E-state index in [1.165, 1.54) is 0 Å². The second-order valence-electron chi connectivity index (χ2n) is 6.60. The van der Waals surface area contributed by atoms with Crippen LogP contribution in [0.2, 0.25) is 0 Å². The van der Waals surface area contributed by atoms with E-state index in [0.717, 1.165) is 29.5 Å². The zero-order valence-electron chi connectivity index (χ0n) is 17.7. The standard InChI is InChI=1S/C22H28N2O2.C2H6/c1-3-4-13-23-21(25)17-24(16-20-12-8-9-18(2)14-20)22(26)15-19-10-6-5-7-11-19;1-2/h5-12,14H,3-4,13,15-17H2,1-2H3,(H,23,25);1-2H3. The first-order valence-electron chi connectivity index (χ1n) is 10.2. The van der Waals surface area contributed by atoms with Crippen molar-refractivity contribution in [1.82, 2.24) is 10.2 Å². The molecular weight excluding hydrogens is 348 g/mol. The normalized spacial score (nSPS) is 9.86. The molecule has 0 heterocycles. The molecule has 0 saturated carbocycles. The zero-order valence-corrected chi connectivity index (χ0v) is 17.7. The number of nitrogens with one attached hydrogen (secondary N) is 1. The largest absolute Gasteiger partial charge is 0.355 e. The van der Waals surface area contributed by atoms with Gasteiger partial charge in [0.15, 0.2) is 0 Å². The predicted octanol–water partition coefficient (Wildman–Crippen LogP) is 4.51. The molecule has 0 spiro atoms. The van der Waals surface area contributed by atoms with Gasteiger partial charge in [-0.2, -0.15) is 0 Å². The van der Waals surface area contributed by atoms with Crippen molar-refractivity contribution in [1.29, 1.82) is 0 Å². The van der Waals surface area contributed by atoms with Crippen molar-refractivity contribution >= 4 is 11.8 Å². The molecule has 4 heteroatoms. The van der Waals surface area contributed by atoms with Crippen molar-refractivity contribution in [2.24, 2.45) is 0 Å². The van der Waals surface area contributed by atoms with Gasteiger partial charge in [0.05, 0.1) is 13.0 Å². The number of carbonyl (C=O) groups excluding carboxylic acids is 2. The molecule has 2 amide bonds. The number of unbranched alkanes of at least 4 members (excludes halogenated alkanes) is 1. The van der Waals surface area contributed by atoms with E-state index in [9.17, 15) is 9.59 Å². The van der Waals surface area contributed by atoms with Gasteiger partial charge in [0, 0.05) is 13.1 Å². The minimum absolute atomic E-state index is 0.0386. The third kappa shape index (κ3) is 8.85. The number of hydrogen-bond donors (Lipinski definition) is 1. The van der Waals surface area contributed by atoms with E-state index in [0.29, 0.717) is 19.5 Å². The molecule has 2 rings (SSSR count). The number of hydrogen-bond acceptors (Lipinski definition) is 2. The lowest BCUT2D eigenvalue weighted by Gasteiger charge is -2.23. The molecule has 0 radical (unpaired) electrons. The van der Waals surface area contributed by atoms with Crippen molar-refractivity contribution in [2.45, 2.75) is 53.5 Å². The highest BCUT2D eigenvalue weighted by atomic mass is 16.2. The Morgan fingerprint density at radius 1 is 0.964 bits per heavy atom. The van der Waals surface area contributed by atoms with Crippen molar-refractivity contribution in [3.8, 4) is 0 Å². The van der Waals surface area contributed by atoms with E-state index in [1.54, 1.807) is 4.90 Å². The molecule has 2 aromatic carbocycles. The summed E-state index contributed by atoms with van der Waals surface area (Å²) in [7, 11) is 0. The second-order valence-corrected chi connectivity index (χ2v) is 6.60. The highest BCUT2D eigenvalue weighted by molar-refractivity contribution is 5.85. The maximum atomic E-state index is 12.8. The average Bonchev–Trinajstić information content (AvgIpc) is 2.70. The van der Waals surface area contributed by atoms with E-state index in [4.69, 9.17) is 0 Å². The SMILES string of the molecule is CC.CCCCNC(=O)CN(Cc1cccc(C)c1)C(=O)Cc1ccccc1. The number of rotatable bonds is 9. The summed E-state index contributed by atoms with van der Waals surface area (Å²) in [5, 5.41) is 2.90. The molecule has 0 bridgehead atoms. The summed E-state index contributed by atoms with van der Waals surface area (Å²) in [6.45, 7) is 9.29.